The zero-order chi connectivity index (χ0) is 19.2. The summed E-state index contributed by atoms with van der Waals surface area (Å²) in [7, 11) is 0. The molecule has 0 radical (unpaired) electrons. The molecule has 1 aromatic carbocycles. The van der Waals surface area contributed by atoms with E-state index in [1.807, 2.05) is 43.0 Å². The minimum absolute atomic E-state index is 0.0268. The summed E-state index contributed by atoms with van der Waals surface area (Å²) in [4.78, 5) is 30.5. The third-order valence-corrected chi connectivity index (χ3v) is 5.50. The van der Waals surface area contributed by atoms with Crippen molar-refractivity contribution in [3.05, 3.63) is 29.8 Å². The predicted molar refractivity (Wildman–Crippen MR) is 105 cm³/mol. The molecule has 0 atom stereocenters. The lowest BCUT2D eigenvalue weighted by atomic mass is 10.0. The maximum atomic E-state index is 12.5. The van der Waals surface area contributed by atoms with Crippen molar-refractivity contribution in [2.75, 3.05) is 51.2 Å². The highest BCUT2D eigenvalue weighted by Crippen LogP contribution is 2.20. The van der Waals surface area contributed by atoms with Crippen molar-refractivity contribution >= 4 is 17.8 Å². The molecule has 3 rings (SSSR count). The van der Waals surface area contributed by atoms with E-state index in [0.29, 0.717) is 12.6 Å². The van der Waals surface area contributed by atoms with Gasteiger partial charge in [-0.3, -0.25) is 4.90 Å². The summed E-state index contributed by atoms with van der Waals surface area (Å²) in [5.41, 5.74) is 1.94. The lowest BCUT2D eigenvalue weighted by molar-refractivity contribution is 0.0581. The van der Waals surface area contributed by atoms with Crippen molar-refractivity contribution in [3.63, 3.8) is 0 Å². The number of piperazine rings is 1. The summed E-state index contributed by atoms with van der Waals surface area (Å²) < 4.78 is 5.08. The number of rotatable bonds is 3. The van der Waals surface area contributed by atoms with E-state index in [1.165, 1.54) is 0 Å². The highest BCUT2D eigenvalue weighted by atomic mass is 16.6. The van der Waals surface area contributed by atoms with Gasteiger partial charge in [0.1, 0.15) is 0 Å². The predicted octanol–water partition coefficient (Wildman–Crippen LogP) is 2.77. The molecule has 2 saturated heterocycles. The smallest absolute Gasteiger partial charge is 0.409 e. The molecule has 0 spiro atoms. The molecule has 3 amide bonds. The third kappa shape index (κ3) is 4.91. The molecule has 1 N–H and O–H groups in total. The molecule has 7 nitrogen and oxygen atoms in total. The first-order chi connectivity index (χ1) is 13.1. The van der Waals surface area contributed by atoms with Crippen LogP contribution in [-0.2, 0) is 4.74 Å². The van der Waals surface area contributed by atoms with Crippen LogP contribution in [0, 0.1) is 6.92 Å². The quantitative estimate of drug-likeness (QED) is 0.884. The lowest BCUT2D eigenvalue weighted by Gasteiger charge is -2.42. The number of amides is 3. The van der Waals surface area contributed by atoms with E-state index in [2.05, 4.69) is 10.2 Å². The van der Waals surface area contributed by atoms with Crippen molar-refractivity contribution in [3.8, 4) is 0 Å². The SMILES string of the molecule is CCOC(=O)N1CCC(N2CCN(C(=O)Nc3ccccc3C)CC2)CC1. The molecule has 7 heteroatoms. The van der Waals surface area contributed by atoms with Gasteiger partial charge in [0.2, 0.25) is 0 Å². The van der Waals surface area contributed by atoms with Gasteiger partial charge in [-0.2, -0.15) is 0 Å². The van der Waals surface area contributed by atoms with Crippen molar-refractivity contribution in [2.45, 2.75) is 32.7 Å². The molecule has 2 aliphatic rings. The number of ether oxygens (including phenoxy) is 1. The molecule has 2 heterocycles. The number of aryl methyl sites for hydroxylation is 1. The van der Waals surface area contributed by atoms with Gasteiger partial charge in [0.05, 0.1) is 6.61 Å². The molecule has 0 saturated carbocycles. The molecule has 1 aromatic rings. The summed E-state index contributed by atoms with van der Waals surface area (Å²) in [6.07, 6.45) is 1.73. The summed E-state index contributed by atoms with van der Waals surface area (Å²) in [6, 6.07) is 8.29. The fourth-order valence-electron chi connectivity index (χ4n) is 3.83. The number of nitrogens with one attached hydrogen (secondary N) is 1. The second kappa shape index (κ2) is 9.08. The first kappa shape index (κ1) is 19.5. The van der Waals surface area contributed by atoms with E-state index in [0.717, 1.165) is 63.4 Å². The highest BCUT2D eigenvalue weighted by Gasteiger charge is 2.30. The maximum Gasteiger partial charge on any atom is 0.409 e. The summed E-state index contributed by atoms with van der Waals surface area (Å²) in [5.74, 6) is 0. The summed E-state index contributed by atoms with van der Waals surface area (Å²) >= 11 is 0. The Labute approximate surface area is 161 Å². The van der Waals surface area contributed by atoms with Crippen LogP contribution < -0.4 is 5.32 Å². The Morgan fingerprint density at radius 1 is 1.04 bits per heavy atom. The molecule has 2 fully saturated rings. The van der Waals surface area contributed by atoms with Crippen LogP contribution in [0.2, 0.25) is 0 Å². The van der Waals surface area contributed by atoms with Gasteiger partial charge in [0, 0.05) is 51.0 Å². The first-order valence-electron chi connectivity index (χ1n) is 9.85. The highest BCUT2D eigenvalue weighted by molar-refractivity contribution is 5.90. The van der Waals surface area contributed by atoms with Gasteiger partial charge in [0.25, 0.3) is 0 Å². The molecular weight excluding hydrogens is 344 g/mol. The van der Waals surface area contributed by atoms with E-state index in [-0.39, 0.29) is 12.1 Å². The van der Waals surface area contributed by atoms with Crippen LogP contribution in [-0.4, -0.2) is 78.7 Å². The number of carbonyl (C=O) groups excluding carboxylic acids is 2. The van der Waals surface area contributed by atoms with Crippen LogP contribution >= 0.6 is 0 Å². The van der Waals surface area contributed by atoms with E-state index in [1.54, 1.807) is 4.90 Å². The Morgan fingerprint density at radius 3 is 2.33 bits per heavy atom. The standard InChI is InChI=1S/C20H30N4O3/c1-3-27-20(26)24-10-8-17(9-11-24)22-12-14-23(15-13-22)19(25)21-18-7-5-4-6-16(18)2/h4-7,17H,3,8-15H2,1-2H3,(H,21,25). The second-order valence-corrected chi connectivity index (χ2v) is 7.19. The van der Waals surface area contributed by atoms with Gasteiger partial charge < -0.3 is 19.9 Å². The fraction of sp³-hybridized carbons (Fsp3) is 0.600. The van der Waals surface area contributed by atoms with Gasteiger partial charge in [-0.1, -0.05) is 18.2 Å². The van der Waals surface area contributed by atoms with Crippen molar-refractivity contribution in [1.82, 2.24) is 14.7 Å². The first-order valence-corrected chi connectivity index (χ1v) is 9.85. The topological polar surface area (TPSA) is 65.1 Å². The van der Waals surface area contributed by atoms with Crippen molar-refractivity contribution in [2.24, 2.45) is 0 Å². The number of para-hydroxylation sites is 1. The van der Waals surface area contributed by atoms with Gasteiger partial charge in [-0.15, -0.1) is 0 Å². The summed E-state index contributed by atoms with van der Waals surface area (Å²) in [5, 5.41) is 3.01. The molecule has 0 unspecified atom stereocenters. The van der Waals surface area contributed by atoms with Crippen LogP contribution in [0.5, 0.6) is 0 Å². The van der Waals surface area contributed by atoms with Crippen LogP contribution in [0.15, 0.2) is 24.3 Å². The molecule has 0 aliphatic carbocycles. The Morgan fingerprint density at radius 2 is 1.70 bits per heavy atom. The third-order valence-electron chi connectivity index (χ3n) is 5.50. The van der Waals surface area contributed by atoms with E-state index < -0.39 is 0 Å². The number of urea groups is 1. The van der Waals surface area contributed by atoms with Gasteiger partial charge in [-0.25, -0.2) is 9.59 Å². The number of nitrogens with zero attached hydrogens (tertiary/aromatic N) is 3. The van der Waals surface area contributed by atoms with Gasteiger partial charge >= 0.3 is 12.1 Å². The zero-order valence-corrected chi connectivity index (χ0v) is 16.3. The molecule has 0 aromatic heterocycles. The van der Waals surface area contributed by atoms with E-state index >= 15 is 0 Å². The van der Waals surface area contributed by atoms with E-state index in [4.69, 9.17) is 4.74 Å². The normalized spacial score (nSPS) is 19.0. The lowest BCUT2D eigenvalue weighted by Crippen LogP contribution is -2.55. The number of benzene rings is 1. The minimum atomic E-state index is -0.200. The van der Waals surface area contributed by atoms with Crippen molar-refractivity contribution < 1.29 is 14.3 Å². The van der Waals surface area contributed by atoms with Crippen LogP contribution in [0.4, 0.5) is 15.3 Å². The second-order valence-electron chi connectivity index (χ2n) is 7.19. The van der Waals surface area contributed by atoms with Crippen LogP contribution in [0.25, 0.3) is 0 Å². The van der Waals surface area contributed by atoms with Gasteiger partial charge in [-0.05, 0) is 38.3 Å². The average Bonchev–Trinajstić information content (AvgIpc) is 2.70. The van der Waals surface area contributed by atoms with Crippen LogP contribution in [0.3, 0.4) is 0 Å². The van der Waals surface area contributed by atoms with Crippen molar-refractivity contribution in [1.29, 1.82) is 0 Å². The zero-order valence-electron chi connectivity index (χ0n) is 16.3. The number of carbonyl (C=O) groups is 2. The molecular formula is C20H30N4O3. The Kier molecular flexibility index (Phi) is 6.55. The molecule has 0 bridgehead atoms. The number of anilines is 1. The van der Waals surface area contributed by atoms with Crippen LogP contribution in [0.1, 0.15) is 25.3 Å². The molecule has 27 heavy (non-hydrogen) atoms. The summed E-state index contributed by atoms with van der Waals surface area (Å²) in [6.45, 7) is 8.97. The minimum Gasteiger partial charge on any atom is -0.450 e. The molecule has 2 aliphatic heterocycles. The molecule has 148 valence electrons. The van der Waals surface area contributed by atoms with E-state index in [9.17, 15) is 9.59 Å². The monoisotopic (exact) mass is 374 g/mol. The van der Waals surface area contributed by atoms with Gasteiger partial charge in [0.15, 0.2) is 0 Å². The Hall–Kier alpha value is -2.28. The maximum absolute atomic E-state index is 12.5. The number of piperidine rings is 1. The largest absolute Gasteiger partial charge is 0.450 e. The fourth-order valence-corrected chi connectivity index (χ4v) is 3.83. The Bertz CT molecular complexity index is 650. The Balaban J connectivity index is 1.43. The number of hydrogen-bond donors (Lipinski definition) is 1. The number of likely N-dealkylation sites (tertiary alicyclic amines) is 1. The average molecular weight is 374 g/mol. The number of hydrogen-bond acceptors (Lipinski definition) is 4.